The highest BCUT2D eigenvalue weighted by molar-refractivity contribution is 8.06. The number of nitrogens with zero attached hydrogens (tertiary/aromatic N) is 5. The van der Waals surface area contributed by atoms with E-state index in [-0.39, 0.29) is 11.1 Å². The Labute approximate surface area is 149 Å². The highest BCUT2D eigenvalue weighted by Crippen LogP contribution is 2.35. The molecule has 1 aromatic rings. The number of rotatable bonds is 3. The van der Waals surface area contributed by atoms with Crippen LogP contribution in [-0.2, 0) is 0 Å². The lowest BCUT2D eigenvalue weighted by Gasteiger charge is -2.15. The minimum absolute atomic E-state index is 0.0635. The molecule has 0 radical (unpaired) electrons. The van der Waals surface area contributed by atoms with Crippen LogP contribution in [0.5, 0.6) is 0 Å². The van der Waals surface area contributed by atoms with Crippen molar-refractivity contribution in [3.8, 4) is 6.07 Å². The van der Waals surface area contributed by atoms with Gasteiger partial charge in [-0.15, -0.1) is 0 Å². The van der Waals surface area contributed by atoms with E-state index in [1.165, 1.54) is 11.8 Å². The van der Waals surface area contributed by atoms with Crippen molar-refractivity contribution in [2.75, 3.05) is 19.0 Å². The predicted octanol–water partition coefficient (Wildman–Crippen LogP) is 3.09. The van der Waals surface area contributed by atoms with Crippen LogP contribution in [0.15, 0.2) is 40.4 Å². The molecule has 2 aliphatic rings. The fourth-order valence-electron chi connectivity index (χ4n) is 2.28. The summed E-state index contributed by atoms with van der Waals surface area (Å²) in [4.78, 5) is 14.2. The summed E-state index contributed by atoms with van der Waals surface area (Å²) in [5, 5.41) is 15.7. The summed E-state index contributed by atoms with van der Waals surface area (Å²) < 4.78 is 0. The standard InChI is InChI=1S/C16H15ClN6S/c1-23(2)16-21-13(20-15(17)22-16)11(8-18)14-19-12(9-24-14)10-6-4-3-5-7-10/h3-6,9-10,19H,7H2,1-2H3/b14-11-. The second-order valence-corrected chi connectivity index (χ2v) is 6.63. The van der Waals surface area contributed by atoms with E-state index in [4.69, 9.17) is 11.6 Å². The van der Waals surface area contributed by atoms with Gasteiger partial charge in [-0.3, -0.25) is 0 Å². The number of thioether (sulfide) groups is 1. The van der Waals surface area contributed by atoms with E-state index in [1.807, 2.05) is 17.6 Å². The molecule has 2 heterocycles. The molecule has 24 heavy (non-hydrogen) atoms. The Balaban J connectivity index is 1.90. The highest BCUT2D eigenvalue weighted by Gasteiger charge is 2.23. The van der Waals surface area contributed by atoms with E-state index < -0.39 is 0 Å². The molecule has 6 nitrogen and oxygen atoms in total. The van der Waals surface area contributed by atoms with Gasteiger partial charge >= 0.3 is 0 Å². The minimum atomic E-state index is 0.0635. The molecule has 0 fully saturated rings. The Morgan fingerprint density at radius 1 is 1.38 bits per heavy atom. The molecular formula is C16H15ClN6S. The number of allylic oxidation sites excluding steroid dienone is 5. The first-order chi connectivity index (χ1) is 11.6. The zero-order chi connectivity index (χ0) is 17.1. The van der Waals surface area contributed by atoms with Crippen LogP contribution < -0.4 is 10.2 Å². The Morgan fingerprint density at radius 3 is 2.88 bits per heavy atom. The molecule has 1 N–H and O–H groups in total. The molecule has 8 heteroatoms. The second-order valence-electron chi connectivity index (χ2n) is 5.41. The van der Waals surface area contributed by atoms with Gasteiger partial charge in [0.2, 0.25) is 11.2 Å². The van der Waals surface area contributed by atoms with E-state index in [9.17, 15) is 5.26 Å². The summed E-state index contributed by atoms with van der Waals surface area (Å²) in [6.07, 6.45) is 9.27. The lowest BCUT2D eigenvalue weighted by Crippen LogP contribution is -2.17. The molecule has 0 bridgehead atoms. The first kappa shape index (κ1) is 16.6. The Hall–Kier alpha value is -2.30. The van der Waals surface area contributed by atoms with Crippen LogP contribution in [-0.4, -0.2) is 29.0 Å². The van der Waals surface area contributed by atoms with E-state index in [1.54, 1.807) is 19.0 Å². The van der Waals surface area contributed by atoms with Crippen LogP contribution in [0.3, 0.4) is 0 Å². The van der Waals surface area contributed by atoms with Crippen molar-refractivity contribution in [1.82, 2.24) is 20.3 Å². The number of halogens is 1. The average molecular weight is 359 g/mol. The van der Waals surface area contributed by atoms with E-state index >= 15 is 0 Å². The van der Waals surface area contributed by atoms with E-state index in [0.29, 0.717) is 22.5 Å². The Kier molecular flexibility index (Phi) is 4.88. The van der Waals surface area contributed by atoms with Gasteiger partial charge in [0, 0.05) is 25.7 Å². The molecule has 3 rings (SSSR count). The lowest BCUT2D eigenvalue weighted by molar-refractivity contribution is 0.720. The molecule has 0 spiro atoms. The van der Waals surface area contributed by atoms with Crippen molar-refractivity contribution in [3.05, 3.63) is 51.5 Å². The van der Waals surface area contributed by atoms with Crippen LogP contribution in [0.2, 0.25) is 5.28 Å². The zero-order valence-electron chi connectivity index (χ0n) is 13.2. The summed E-state index contributed by atoms with van der Waals surface area (Å²) in [6, 6.07) is 2.18. The molecule has 1 atom stereocenters. The molecular weight excluding hydrogens is 344 g/mol. The van der Waals surface area contributed by atoms with Crippen molar-refractivity contribution in [2.45, 2.75) is 6.42 Å². The third-order valence-corrected chi connectivity index (χ3v) is 4.58. The van der Waals surface area contributed by atoms with Crippen LogP contribution >= 0.6 is 23.4 Å². The quantitative estimate of drug-likeness (QED) is 0.832. The van der Waals surface area contributed by atoms with Crippen LogP contribution in [0.25, 0.3) is 5.57 Å². The normalized spacial score (nSPS) is 21.1. The molecule has 0 amide bonds. The van der Waals surface area contributed by atoms with Crippen LogP contribution in [0.4, 0.5) is 5.95 Å². The van der Waals surface area contributed by atoms with Gasteiger partial charge in [0.25, 0.3) is 0 Å². The number of nitrogens with one attached hydrogen (secondary N) is 1. The van der Waals surface area contributed by atoms with Gasteiger partial charge in [0.1, 0.15) is 11.6 Å². The van der Waals surface area contributed by atoms with Crippen molar-refractivity contribution < 1.29 is 0 Å². The van der Waals surface area contributed by atoms with Crippen molar-refractivity contribution >= 4 is 34.9 Å². The molecule has 1 unspecified atom stereocenters. The molecule has 1 aliphatic heterocycles. The monoisotopic (exact) mass is 358 g/mol. The predicted molar refractivity (Wildman–Crippen MR) is 96.9 cm³/mol. The van der Waals surface area contributed by atoms with Crippen molar-refractivity contribution in [2.24, 2.45) is 5.92 Å². The zero-order valence-corrected chi connectivity index (χ0v) is 14.8. The summed E-state index contributed by atoms with van der Waals surface area (Å²) in [5.74, 6) is 0.971. The third kappa shape index (κ3) is 3.45. The summed E-state index contributed by atoms with van der Waals surface area (Å²) >= 11 is 7.44. The largest absolute Gasteiger partial charge is 0.351 e. The van der Waals surface area contributed by atoms with E-state index in [0.717, 1.165) is 12.1 Å². The first-order valence-corrected chi connectivity index (χ1v) is 8.55. The summed E-state index contributed by atoms with van der Waals surface area (Å²) in [6.45, 7) is 0. The van der Waals surface area contributed by atoms with Gasteiger partial charge in [-0.25, -0.2) is 0 Å². The maximum atomic E-state index is 9.59. The Morgan fingerprint density at radius 2 is 2.21 bits per heavy atom. The Bertz CT molecular complexity index is 818. The minimum Gasteiger partial charge on any atom is -0.351 e. The van der Waals surface area contributed by atoms with Crippen LogP contribution in [0, 0.1) is 17.2 Å². The molecule has 0 aromatic carbocycles. The molecule has 1 aliphatic carbocycles. The highest BCUT2D eigenvalue weighted by atomic mass is 35.5. The maximum absolute atomic E-state index is 9.59. The van der Waals surface area contributed by atoms with Crippen molar-refractivity contribution in [3.63, 3.8) is 0 Å². The van der Waals surface area contributed by atoms with Gasteiger partial charge in [-0.2, -0.15) is 20.2 Å². The van der Waals surface area contributed by atoms with E-state index in [2.05, 4.69) is 38.5 Å². The number of hydrogen-bond acceptors (Lipinski definition) is 7. The number of hydrogen-bond donors (Lipinski definition) is 1. The number of nitriles is 1. The summed E-state index contributed by atoms with van der Waals surface area (Å²) in [7, 11) is 3.61. The van der Waals surface area contributed by atoms with Gasteiger partial charge in [0.05, 0.1) is 5.03 Å². The van der Waals surface area contributed by atoms with Gasteiger partial charge in [-0.1, -0.05) is 36.1 Å². The van der Waals surface area contributed by atoms with Gasteiger partial charge < -0.3 is 10.2 Å². The second kappa shape index (κ2) is 7.07. The molecule has 0 saturated carbocycles. The molecule has 122 valence electrons. The molecule has 0 saturated heterocycles. The average Bonchev–Trinajstić information content (AvgIpc) is 3.05. The number of aromatic nitrogens is 3. The lowest BCUT2D eigenvalue weighted by atomic mass is 9.98. The van der Waals surface area contributed by atoms with Gasteiger partial charge in [0.15, 0.2) is 5.82 Å². The molecule has 1 aromatic heterocycles. The third-order valence-electron chi connectivity index (χ3n) is 3.50. The van der Waals surface area contributed by atoms with Gasteiger partial charge in [-0.05, 0) is 23.4 Å². The topological polar surface area (TPSA) is 77.7 Å². The maximum Gasteiger partial charge on any atom is 0.229 e. The SMILES string of the molecule is CN(C)c1nc(Cl)nc(/C(C#N)=C2/NC(C3C=CC=CC3)=CS2)n1. The van der Waals surface area contributed by atoms with Crippen molar-refractivity contribution in [1.29, 1.82) is 5.26 Å². The fraction of sp³-hybridized carbons (Fsp3) is 0.250. The van der Waals surface area contributed by atoms with Crippen LogP contribution in [0.1, 0.15) is 12.2 Å². The fourth-order valence-corrected chi connectivity index (χ4v) is 3.34. The number of anilines is 1. The summed E-state index contributed by atoms with van der Waals surface area (Å²) in [5.41, 5.74) is 1.42. The first-order valence-electron chi connectivity index (χ1n) is 7.29. The smallest absolute Gasteiger partial charge is 0.229 e.